The molecule has 1 aliphatic rings. The number of amides is 1. The van der Waals surface area contributed by atoms with Gasteiger partial charge < -0.3 is 5.32 Å². The highest BCUT2D eigenvalue weighted by Gasteiger charge is 2.28. The van der Waals surface area contributed by atoms with Crippen LogP contribution in [-0.4, -0.2) is 30.5 Å². The fourth-order valence-corrected chi connectivity index (χ4v) is 5.01. The smallest absolute Gasteiger partial charge is 0.233 e. The highest BCUT2D eigenvalue weighted by molar-refractivity contribution is 7.90. The minimum atomic E-state index is -3.45. The van der Waals surface area contributed by atoms with Crippen molar-refractivity contribution in [2.45, 2.75) is 42.9 Å². The number of hydrogen-bond donors (Lipinski definition) is 1. The summed E-state index contributed by atoms with van der Waals surface area (Å²) in [6.07, 6.45) is 8.79. The van der Waals surface area contributed by atoms with E-state index in [9.17, 15) is 13.2 Å². The van der Waals surface area contributed by atoms with Gasteiger partial charge in [-0.05, 0) is 30.0 Å². The van der Waals surface area contributed by atoms with Crippen LogP contribution in [0.2, 0.25) is 5.02 Å². The van der Waals surface area contributed by atoms with E-state index in [1.165, 1.54) is 18.5 Å². The molecule has 1 fully saturated rings. The van der Waals surface area contributed by atoms with Gasteiger partial charge in [-0.15, -0.1) is 0 Å². The van der Waals surface area contributed by atoms with Crippen LogP contribution in [0.15, 0.2) is 35.5 Å². The predicted molar refractivity (Wildman–Crippen MR) is 109 cm³/mol. The Kier molecular flexibility index (Phi) is 6.50. The van der Waals surface area contributed by atoms with Crippen molar-refractivity contribution in [3.8, 4) is 6.07 Å². The Morgan fingerprint density at radius 1 is 1.31 bits per heavy atom. The minimum absolute atomic E-state index is 0.0425. The fourth-order valence-electron chi connectivity index (χ4n) is 3.67. The molecule has 0 saturated heterocycles. The number of sulfone groups is 1. The van der Waals surface area contributed by atoms with Gasteiger partial charge in [-0.25, -0.2) is 18.4 Å². The summed E-state index contributed by atoms with van der Waals surface area (Å²) in [6, 6.07) is 6.53. The van der Waals surface area contributed by atoms with E-state index in [0.29, 0.717) is 17.9 Å². The Morgan fingerprint density at radius 2 is 2.03 bits per heavy atom. The summed E-state index contributed by atoms with van der Waals surface area (Å²) >= 11 is 6.21. The van der Waals surface area contributed by atoms with Gasteiger partial charge in [0.15, 0.2) is 21.3 Å². The number of aromatic nitrogens is 2. The maximum absolute atomic E-state index is 13.0. The van der Waals surface area contributed by atoms with E-state index in [-0.39, 0.29) is 27.3 Å². The van der Waals surface area contributed by atoms with Crippen molar-refractivity contribution >= 4 is 33.2 Å². The van der Waals surface area contributed by atoms with E-state index in [1.54, 1.807) is 12.1 Å². The van der Waals surface area contributed by atoms with Gasteiger partial charge in [-0.2, -0.15) is 5.26 Å². The summed E-state index contributed by atoms with van der Waals surface area (Å²) in [5, 5.41) is 11.7. The molecule has 1 aromatic carbocycles. The third kappa shape index (κ3) is 5.31. The van der Waals surface area contributed by atoms with Crippen molar-refractivity contribution in [3.05, 3.63) is 46.9 Å². The molecule has 1 aliphatic carbocycles. The first kappa shape index (κ1) is 21.2. The molecule has 1 heterocycles. The van der Waals surface area contributed by atoms with Crippen LogP contribution in [0.5, 0.6) is 0 Å². The molecule has 3 rings (SSSR count). The van der Waals surface area contributed by atoms with E-state index in [2.05, 4.69) is 15.3 Å². The largest absolute Gasteiger partial charge is 0.309 e. The van der Waals surface area contributed by atoms with Gasteiger partial charge in [0.2, 0.25) is 5.91 Å². The second-order valence-electron chi connectivity index (χ2n) is 7.29. The van der Waals surface area contributed by atoms with Gasteiger partial charge in [0.05, 0.1) is 28.2 Å². The summed E-state index contributed by atoms with van der Waals surface area (Å²) in [6.45, 7) is 0. The maximum Gasteiger partial charge on any atom is 0.233 e. The van der Waals surface area contributed by atoms with E-state index < -0.39 is 15.8 Å². The number of rotatable bonds is 6. The van der Waals surface area contributed by atoms with Crippen LogP contribution in [0.4, 0.5) is 5.82 Å². The molecule has 1 atom stereocenters. The number of benzene rings is 1. The molecule has 1 unspecified atom stereocenters. The normalized spacial score (nSPS) is 15.6. The van der Waals surface area contributed by atoms with E-state index >= 15 is 0 Å². The van der Waals surface area contributed by atoms with E-state index in [4.69, 9.17) is 16.9 Å². The molecule has 9 heteroatoms. The number of halogens is 1. The highest BCUT2D eigenvalue weighted by atomic mass is 35.5. The first-order chi connectivity index (χ1) is 13.8. The van der Waals surface area contributed by atoms with Crippen LogP contribution in [0.25, 0.3) is 0 Å². The summed E-state index contributed by atoms with van der Waals surface area (Å²) < 4.78 is 23.7. The zero-order chi connectivity index (χ0) is 21.0. The molecule has 1 amide bonds. The lowest BCUT2D eigenvalue weighted by Crippen LogP contribution is -2.24. The van der Waals surface area contributed by atoms with Crippen LogP contribution in [0.3, 0.4) is 0 Å². The van der Waals surface area contributed by atoms with Gasteiger partial charge in [-0.3, -0.25) is 4.79 Å². The van der Waals surface area contributed by atoms with Gasteiger partial charge in [0, 0.05) is 6.26 Å². The van der Waals surface area contributed by atoms with Crippen molar-refractivity contribution in [1.29, 1.82) is 5.26 Å². The molecule has 1 aromatic heterocycles. The van der Waals surface area contributed by atoms with Crippen LogP contribution in [0, 0.1) is 17.2 Å². The topological polar surface area (TPSA) is 113 Å². The predicted octanol–water partition coefficient (Wildman–Crippen LogP) is 3.71. The van der Waals surface area contributed by atoms with Gasteiger partial charge in [0.1, 0.15) is 6.07 Å². The van der Waals surface area contributed by atoms with Crippen LogP contribution >= 0.6 is 11.6 Å². The van der Waals surface area contributed by atoms with Gasteiger partial charge in [0.25, 0.3) is 0 Å². The lowest BCUT2D eigenvalue weighted by molar-refractivity contribution is -0.118. The molecule has 152 valence electrons. The molecule has 0 bridgehead atoms. The number of anilines is 1. The van der Waals surface area contributed by atoms with Gasteiger partial charge >= 0.3 is 0 Å². The van der Waals surface area contributed by atoms with Crippen molar-refractivity contribution < 1.29 is 13.2 Å². The molecular formula is C20H21ClN4O3S. The number of nitriles is 1. The first-order valence-electron chi connectivity index (χ1n) is 9.30. The summed E-state index contributed by atoms with van der Waals surface area (Å²) in [5.41, 5.74) is 0.821. The molecular weight excluding hydrogens is 412 g/mol. The van der Waals surface area contributed by atoms with Gasteiger partial charge in [-0.1, -0.05) is 43.4 Å². The fraction of sp³-hybridized carbons (Fsp3) is 0.400. The molecule has 0 radical (unpaired) electrons. The maximum atomic E-state index is 13.0. The monoisotopic (exact) mass is 432 g/mol. The Bertz CT molecular complexity index is 1040. The highest BCUT2D eigenvalue weighted by Crippen LogP contribution is 2.36. The van der Waals surface area contributed by atoms with Crippen molar-refractivity contribution in [1.82, 2.24) is 9.97 Å². The number of carbonyl (C=O) groups excluding carboxylic acids is 1. The Balaban J connectivity index is 1.88. The minimum Gasteiger partial charge on any atom is -0.309 e. The standard InChI is InChI=1S/C20H21ClN4O3S/c1-29(27,28)18-7-6-14(9-17(18)21)16(8-13-4-2-3-5-13)20(26)25-19-12-23-15(10-22)11-24-19/h6-7,9,11-13,16H,2-5,8H2,1H3,(H,24,25,26). The summed E-state index contributed by atoms with van der Waals surface area (Å²) in [5.74, 6) is -0.0869. The quantitative estimate of drug-likeness (QED) is 0.744. The first-order valence-corrected chi connectivity index (χ1v) is 11.6. The Hall–Kier alpha value is -2.50. The van der Waals surface area contributed by atoms with E-state index in [1.807, 2.05) is 6.07 Å². The van der Waals surface area contributed by atoms with Crippen molar-refractivity contribution in [2.75, 3.05) is 11.6 Å². The SMILES string of the molecule is CS(=O)(=O)c1ccc(C(CC2CCCC2)C(=O)Nc2cnc(C#N)cn2)cc1Cl. The number of hydrogen-bond acceptors (Lipinski definition) is 6. The molecule has 29 heavy (non-hydrogen) atoms. The number of nitrogens with one attached hydrogen (secondary N) is 1. The molecule has 0 spiro atoms. The third-order valence-corrected chi connectivity index (χ3v) is 6.72. The van der Waals surface area contributed by atoms with Crippen molar-refractivity contribution in [3.63, 3.8) is 0 Å². The van der Waals surface area contributed by atoms with Crippen LogP contribution in [0.1, 0.15) is 49.3 Å². The molecule has 1 saturated carbocycles. The third-order valence-electron chi connectivity index (χ3n) is 5.14. The molecule has 1 N–H and O–H groups in total. The van der Waals surface area contributed by atoms with Crippen LogP contribution in [-0.2, 0) is 14.6 Å². The summed E-state index contributed by atoms with van der Waals surface area (Å²) in [4.78, 5) is 21.0. The average molecular weight is 433 g/mol. The number of nitrogens with zero attached hydrogens (tertiary/aromatic N) is 3. The Morgan fingerprint density at radius 3 is 2.59 bits per heavy atom. The van der Waals surface area contributed by atoms with Crippen LogP contribution < -0.4 is 5.32 Å². The summed E-state index contributed by atoms with van der Waals surface area (Å²) in [7, 11) is -3.45. The second kappa shape index (κ2) is 8.89. The lowest BCUT2D eigenvalue weighted by Gasteiger charge is -2.21. The number of carbonyl (C=O) groups is 1. The second-order valence-corrected chi connectivity index (χ2v) is 9.68. The van der Waals surface area contributed by atoms with E-state index in [0.717, 1.165) is 31.9 Å². The van der Waals surface area contributed by atoms with Crippen molar-refractivity contribution in [2.24, 2.45) is 5.92 Å². The zero-order valence-electron chi connectivity index (χ0n) is 15.9. The zero-order valence-corrected chi connectivity index (χ0v) is 17.5. The molecule has 2 aromatic rings. The molecule has 0 aliphatic heterocycles. The molecule has 7 nitrogen and oxygen atoms in total. The lowest BCUT2D eigenvalue weighted by atomic mass is 9.87. The Labute approximate surface area is 175 Å². The average Bonchev–Trinajstić information content (AvgIpc) is 3.19.